The zero-order valence-corrected chi connectivity index (χ0v) is 13.3. The summed E-state index contributed by atoms with van der Waals surface area (Å²) >= 11 is 5.07. The second-order valence-electron chi connectivity index (χ2n) is 4.85. The topological polar surface area (TPSA) is 66.4 Å². The maximum atomic E-state index is 12.1. The van der Waals surface area contributed by atoms with Crippen LogP contribution in [0.1, 0.15) is 18.4 Å². The highest BCUT2D eigenvalue weighted by atomic mass is 79.9. The van der Waals surface area contributed by atoms with E-state index in [2.05, 4.69) is 21.2 Å². The third kappa shape index (κ3) is 3.76. The number of hydrogen-bond acceptors (Lipinski definition) is 3. The molecule has 0 saturated carbocycles. The van der Waals surface area contributed by atoms with E-state index in [1.54, 1.807) is 11.8 Å². The van der Waals surface area contributed by atoms with Crippen molar-refractivity contribution >= 4 is 39.6 Å². The summed E-state index contributed by atoms with van der Waals surface area (Å²) in [6.45, 7) is 0. The smallest absolute Gasteiger partial charge is 0.329 e. The summed E-state index contributed by atoms with van der Waals surface area (Å²) in [6, 6.07) is 7.45. The van der Waals surface area contributed by atoms with Crippen LogP contribution in [0.2, 0.25) is 0 Å². The molecule has 2 rings (SSSR count). The van der Waals surface area contributed by atoms with Crippen molar-refractivity contribution in [3.05, 3.63) is 34.3 Å². The minimum Gasteiger partial charge on any atom is -0.480 e. The van der Waals surface area contributed by atoms with Crippen molar-refractivity contribution in [2.45, 2.75) is 24.8 Å². The number of halogens is 1. The maximum Gasteiger partial charge on any atom is 0.329 e. The van der Waals surface area contributed by atoms with E-state index in [0.29, 0.717) is 12.8 Å². The molecule has 6 heteroatoms. The summed E-state index contributed by atoms with van der Waals surface area (Å²) in [7, 11) is 0. The van der Waals surface area contributed by atoms with Crippen molar-refractivity contribution < 1.29 is 14.7 Å². The Balaban J connectivity index is 2.01. The summed E-state index contributed by atoms with van der Waals surface area (Å²) in [4.78, 5) is 23.6. The average Bonchev–Trinajstić information content (AvgIpc) is 2.42. The second kappa shape index (κ2) is 6.63. The van der Waals surface area contributed by atoms with E-state index in [-0.39, 0.29) is 12.3 Å². The van der Waals surface area contributed by atoms with Gasteiger partial charge in [0, 0.05) is 4.47 Å². The Bertz CT molecular complexity index is 498. The van der Waals surface area contributed by atoms with Gasteiger partial charge in [0.05, 0.1) is 6.42 Å². The summed E-state index contributed by atoms with van der Waals surface area (Å²) in [5.74, 6) is 0.374. The number of amides is 1. The molecule has 1 saturated heterocycles. The van der Waals surface area contributed by atoms with Crippen LogP contribution in [0.25, 0.3) is 0 Å². The molecule has 1 fully saturated rings. The lowest BCUT2D eigenvalue weighted by Crippen LogP contribution is -2.56. The Kier molecular flexibility index (Phi) is 5.10. The zero-order valence-electron chi connectivity index (χ0n) is 10.9. The molecule has 1 amide bonds. The molecule has 1 aliphatic rings. The van der Waals surface area contributed by atoms with Crippen molar-refractivity contribution in [2.24, 2.45) is 0 Å². The molecule has 0 radical (unpaired) electrons. The van der Waals surface area contributed by atoms with Gasteiger partial charge in [-0.3, -0.25) is 4.79 Å². The summed E-state index contributed by atoms with van der Waals surface area (Å²) in [5.41, 5.74) is -0.214. The van der Waals surface area contributed by atoms with Crippen LogP contribution in [0.5, 0.6) is 0 Å². The fraction of sp³-hybridized carbons (Fsp3) is 0.429. The first-order valence-corrected chi connectivity index (χ1v) is 8.33. The van der Waals surface area contributed by atoms with Crippen molar-refractivity contribution in [1.82, 2.24) is 5.32 Å². The number of carboxylic acid groups (broad SMARTS) is 1. The van der Waals surface area contributed by atoms with Crippen LogP contribution in [0.3, 0.4) is 0 Å². The quantitative estimate of drug-likeness (QED) is 0.868. The van der Waals surface area contributed by atoms with Crippen LogP contribution in [-0.2, 0) is 16.0 Å². The Morgan fingerprint density at radius 3 is 2.40 bits per heavy atom. The van der Waals surface area contributed by atoms with Gasteiger partial charge in [0.1, 0.15) is 5.54 Å². The first kappa shape index (κ1) is 15.4. The van der Waals surface area contributed by atoms with Crippen LogP contribution in [0, 0.1) is 0 Å². The van der Waals surface area contributed by atoms with Crippen LogP contribution in [-0.4, -0.2) is 34.0 Å². The SMILES string of the molecule is O=C(Cc1ccc(Br)cc1)NC1(C(=O)O)CCSCC1. The lowest BCUT2D eigenvalue weighted by atomic mass is 9.92. The van der Waals surface area contributed by atoms with E-state index in [0.717, 1.165) is 21.5 Å². The Hall–Kier alpha value is -1.01. The number of benzene rings is 1. The second-order valence-corrected chi connectivity index (χ2v) is 6.99. The van der Waals surface area contributed by atoms with Gasteiger partial charge in [0.15, 0.2) is 0 Å². The molecule has 2 N–H and O–H groups in total. The highest BCUT2D eigenvalue weighted by Crippen LogP contribution is 2.27. The van der Waals surface area contributed by atoms with Crippen molar-refractivity contribution in [3.8, 4) is 0 Å². The molecule has 0 aromatic heterocycles. The van der Waals surface area contributed by atoms with Crippen molar-refractivity contribution in [3.63, 3.8) is 0 Å². The first-order valence-electron chi connectivity index (χ1n) is 6.38. The number of carbonyl (C=O) groups is 2. The van der Waals surface area contributed by atoms with Gasteiger partial charge in [-0.1, -0.05) is 28.1 Å². The number of nitrogens with one attached hydrogen (secondary N) is 1. The lowest BCUT2D eigenvalue weighted by molar-refractivity contribution is -0.148. The van der Waals surface area contributed by atoms with Crippen molar-refractivity contribution in [1.29, 1.82) is 0 Å². The lowest BCUT2D eigenvalue weighted by Gasteiger charge is -2.33. The number of carboxylic acids is 1. The van der Waals surface area contributed by atoms with Gasteiger partial charge in [-0.2, -0.15) is 11.8 Å². The fourth-order valence-corrected chi connectivity index (χ4v) is 3.66. The molecule has 1 heterocycles. The highest BCUT2D eigenvalue weighted by Gasteiger charge is 2.41. The molecule has 0 bridgehead atoms. The normalized spacial score (nSPS) is 17.4. The Morgan fingerprint density at radius 1 is 1.25 bits per heavy atom. The van der Waals surface area contributed by atoms with Gasteiger partial charge in [-0.15, -0.1) is 0 Å². The van der Waals surface area contributed by atoms with E-state index in [1.165, 1.54) is 0 Å². The van der Waals surface area contributed by atoms with E-state index in [9.17, 15) is 14.7 Å². The number of carbonyl (C=O) groups excluding carboxylic acids is 1. The minimum atomic E-state index is -1.09. The number of aliphatic carboxylic acids is 1. The van der Waals surface area contributed by atoms with E-state index in [4.69, 9.17) is 0 Å². The molecule has 20 heavy (non-hydrogen) atoms. The summed E-state index contributed by atoms with van der Waals surface area (Å²) in [5, 5.41) is 12.1. The molecule has 0 atom stereocenters. The van der Waals surface area contributed by atoms with Crippen LogP contribution < -0.4 is 5.32 Å². The maximum absolute atomic E-state index is 12.1. The molecule has 1 aliphatic heterocycles. The minimum absolute atomic E-state index is 0.204. The van der Waals surface area contributed by atoms with E-state index >= 15 is 0 Å². The van der Waals surface area contributed by atoms with E-state index in [1.807, 2.05) is 24.3 Å². The predicted octanol–water partition coefficient (Wildman–Crippen LogP) is 2.46. The summed E-state index contributed by atoms with van der Waals surface area (Å²) in [6.07, 6.45) is 1.17. The molecular weight excluding hydrogens is 342 g/mol. The Morgan fingerprint density at radius 2 is 1.85 bits per heavy atom. The van der Waals surface area contributed by atoms with Crippen LogP contribution >= 0.6 is 27.7 Å². The molecular formula is C14H16BrNO3S. The number of rotatable bonds is 4. The van der Waals surface area contributed by atoms with Crippen LogP contribution in [0.15, 0.2) is 28.7 Å². The fourth-order valence-electron chi connectivity index (χ4n) is 2.21. The molecule has 0 unspecified atom stereocenters. The average molecular weight is 358 g/mol. The predicted molar refractivity (Wildman–Crippen MR) is 82.9 cm³/mol. The van der Waals surface area contributed by atoms with Gasteiger partial charge >= 0.3 is 5.97 Å². The van der Waals surface area contributed by atoms with Gasteiger partial charge in [0.2, 0.25) is 5.91 Å². The molecule has 4 nitrogen and oxygen atoms in total. The first-order chi connectivity index (χ1) is 9.52. The monoisotopic (exact) mass is 357 g/mol. The zero-order chi connectivity index (χ0) is 14.6. The molecule has 0 spiro atoms. The van der Waals surface area contributed by atoms with Gasteiger partial charge in [0.25, 0.3) is 0 Å². The highest BCUT2D eigenvalue weighted by molar-refractivity contribution is 9.10. The third-order valence-electron chi connectivity index (χ3n) is 3.41. The van der Waals surface area contributed by atoms with Crippen molar-refractivity contribution in [2.75, 3.05) is 11.5 Å². The molecule has 1 aromatic rings. The summed E-state index contributed by atoms with van der Waals surface area (Å²) < 4.78 is 0.952. The van der Waals surface area contributed by atoms with Gasteiger partial charge in [-0.25, -0.2) is 4.79 Å². The molecule has 108 valence electrons. The van der Waals surface area contributed by atoms with Crippen LogP contribution in [0.4, 0.5) is 0 Å². The number of hydrogen-bond donors (Lipinski definition) is 2. The molecule has 1 aromatic carbocycles. The largest absolute Gasteiger partial charge is 0.480 e. The van der Waals surface area contributed by atoms with Gasteiger partial charge < -0.3 is 10.4 Å². The Labute approximate surface area is 130 Å². The third-order valence-corrected chi connectivity index (χ3v) is 4.93. The van der Waals surface area contributed by atoms with Gasteiger partial charge in [-0.05, 0) is 42.0 Å². The molecule has 0 aliphatic carbocycles. The standard InChI is InChI=1S/C14H16BrNO3S/c15-11-3-1-10(2-4-11)9-12(17)16-14(13(18)19)5-7-20-8-6-14/h1-4H,5-9H2,(H,16,17)(H,18,19). The number of thioether (sulfide) groups is 1. The van der Waals surface area contributed by atoms with E-state index < -0.39 is 11.5 Å².